The molecule has 1 fully saturated rings. The molecule has 1 amide bonds. The number of sulfone groups is 1. The highest BCUT2D eigenvalue weighted by Crippen LogP contribution is 2.29. The van der Waals surface area contributed by atoms with Gasteiger partial charge >= 0.3 is 0 Å². The minimum Gasteiger partial charge on any atom is -0.350 e. The van der Waals surface area contributed by atoms with Crippen LogP contribution in [0.2, 0.25) is 0 Å². The number of hydrogen-bond acceptors (Lipinski definition) is 5. The van der Waals surface area contributed by atoms with E-state index in [1.807, 2.05) is 6.07 Å². The van der Waals surface area contributed by atoms with Crippen LogP contribution in [-0.4, -0.2) is 45.1 Å². The lowest BCUT2D eigenvalue weighted by Gasteiger charge is -2.36. The number of nitrogens with zero attached hydrogens (tertiary/aromatic N) is 1. The lowest BCUT2D eigenvalue weighted by atomic mass is 9.97. The van der Waals surface area contributed by atoms with Gasteiger partial charge in [-0.2, -0.15) is 0 Å². The Bertz CT molecular complexity index is 870. The fourth-order valence-electron chi connectivity index (χ4n) is 3.39. The first kappa shape index (κ1) is 20.0. The van der Waals surface area contributed by atoms with Crippen LogP contribution in [0.4, 0.5) is 0 Å². The molecule has 0 radical (unpaired) electrons. The molecule has 2 aromatic rings. The van der Waals surface area contributed by atoms with E-state index in [0.717, 1.165) is 25.3 Å². The molecule has 1 aliphatic heterocycles. The van der Waals surface area contributed by atoms with Crippen molar-refractivity contribution >= 4 is 27.1 Å². The number of piperidine rings is 1. The molecule has 3 rings (SSSR count). The molecular formula is C20H26N2O3S2. The number of hydrogen-bond donors (Lipinski definition) is 1. The van der Waals surface area contributed by atoms with Crippen molar-refractivity contribution in [3.63, 3.8) is 0 Å². The Morgan fingerprint density at radius 2 is 2.00 bits per heavy atom. The van der Waals surface area contributed by atoms with Gasteiger partial charge in [-0.3, -0.25) is 9.69 Å². The third-order valence-corrected chi connectivity index (χ3v) is 7.19. The average Bonchev–Trinajstić information content (AvgIpc) is 3.17. The molecule has 27 heavy (non-hydrogen) atoms. The zero-order valence-corrected chi connectivity index (χ0v) is 17.4. The summed E-state index contributed by atoms with van der Waals surface area (Å²) >= 11 is 1.71. The Morgan fingerprint density at radius 3 is 2.63 bits per heavy atom. The zero-order chi connectivity index (χ0) is 19.4. The van der Waals surface area contributed by atoms with Crippen molar-refractivity contribution in [1.82, 2.24) is 10.2 Å². The first-order valence-electron chi connectivity index (χ1n) is 9.20. The number of nitrogens with one attached hydrogen (secondary N) is 1. The zero-order valence-electron chi connectivity index (χ0n) is 15.7. The standard InChI is InChI=1S/C20H26N2O3S2/c1-15-8-10-22(11-9-15)18(19-7-4-12-26-19)14-21-20(23)16-5-3-6-17(13-16)27(2,24)25/h3-7,12-13,15,18H,8-11,14H2,1-2H3,(H,21,23). The van der Waals surface area contributed by atoms with E-state index >= 15 is 0 Å². The van der Waals surface area contributed by atoms with E-state index < -0.39 is 9.84 Å². The van der Waals surface area contributed by atoms with E-state index in [2.05, 4.69) is 28.6 Å². The lowest BCUT2D eigenvalue weighted by Crippen LogP contribution is -2.41. The maximum Gasteiger partial charge on any atom is 0.251 e. The van der Waals surface area contributed by atoms with E-state index in [-0.39, 0.29) is 16.8 Å². The quantitative estimate of drug-likeness (QED) is 0.799. The fourth-order valence-corrected chi connectivity index (χ4v) is 4.92. The summed E-state index contributed by atoms with van der Waals surface area (Å²) in [7, 11) is -3.33. The Kier molecular flexibility index (Phi) is 6.34. The second kappa shape index (κ2) is 8.54. The second-order valence-electron chi connectivity index (χ2n) is 7.26. The number of amides is 1. The van der Waals surface area contributed by atoms with E-state index in [9.17, 15) is 13.2 Å². The normalized spacial score (nSPS) is 17.6. The average molecular weight is 407 g/mol. The highest BCUT2D eigenvalue weighted by Gasteiger charge is 2.26. The maximum atomic E-state index is 12.6. The Balaban J connectivity index is 1.71. The van der Waals surface area contributed by atoms with Crippen molar-refractivity contribution in [1.29, 1.82) is 0 Å². The van der Waals surface area contributed by atoms with E-state index in [1.165, 1.54) is 29.9 Å². The first-order valence-corrected chi connectivity index (χ1v) is 12.0. The molecule has 146 valence electrons. The molecule has 5 nitrogen and oxygen atoms in total. The van der Waals surface area contributed by atoms with Gasteiger partial charge in [-0.25, -0.2) is 8.42 Å². The number of rotatable bonds is 6. The summed E-state index contributed by atoms with van der Waals surface area (Å²) in [5, 5.41) is 5.07. The smallest absolute Gasteiger partial charge is 0.251 e. The van der Waals surface area contributed by atoms with Crippen molar-refractivity contribution in [2.45, 2.75) is 30.7 Å². The Morgan fingerprint density at radius 1 is 1.26 bits per heavy atom. The summed E-state index contributed by atoms with van der Waals surface area (Å²) in [6.07, 6.45) is 3.49. The fraction of sp³-hybridized carbons (Fsp3) is 0.450. The number of benzene rings is 1. The van der Waals surface area contributed by atoms with Crippen LogP contribution >= 0.6 is 11.3 Å². The monoisotopic (exact) mass is 406 g/mol. The van der Waals surface area contributed by atoms with E-state index in [0.29, 0.717) is 12.1 Å². The van der Waals surface area contributed by atoms with Crippen molar-refractivity contribution in [2.75, 3.05) is 25.9 Å². The topological polar surface area (TPSA) is 66.5 Å². The Hall–Kier alpha value is -1.70. The summed E-state index contributed by atoms with van der Waals surface area (Å²) in [6, 6.07) is 10.5. The molecule has 1 unspecified atom stereocenters. The molecule has 0 saturated carbocycles. The van der Waals surface area contributed by atoms with Gasteiger partial charge in [0, 0.05) is 23.2 Å². The molecule has 1 aromatic heterocycles. The van der Waals surface area contributed by atoms with Crippen LogP contribution < -0.4 is 5.32 Å². The minimum absolute atomic E-state index is 0.152. The van der Waals surface area contributed by atoms with Crippen LogP contribution in [0.25, 0.3) is 0 Å². The molecule has 0 aliphatic carbocycles. The maximum absolute atomic E-state index is 12.6. The molecular weight excluding hydrogens is 380 g/mol. The number of carbonyl (C=O) groups is 1. The summed E-state index contributed by atoms with van der Waals surface area (Å²) in [4.78, 5) is 16.5. The molecule has 1 N–H and O–H groups in total. The third-order valence-electron chi connectivity index (χ3n) is 5.11. The largest absolute Gasteiger partial charge is 0.350 e. The first-order chi connectivity index (χ1) is 12.8. The van der Waals surface area contributed by atoms with Crippen LogP contribution in [0.5, 0.6) is 0 Å². The van der Waals surface area contributed by atoms with Gasteiger partial charge in [-0.05, 0) is 61.5 Å². The summed E-state index contributed by atoms with van der Waals surface area (Å²) < 4.78 is 23.5. The predicted molar refractivity (Wildman–Crippen MR) is 109 cm³/mol. The number of likely N-dealkylation sites (tertiary alicyclic amines) is 1. The Labute approximate surface area is 165 Å². The van der Waals surface area contributed by atoms with Crippen molar-refractivity contribution in [3.8, 4) is 0 Å². The summed E-state index contributed by atoms with van der Waals surface area (Å²) in [6.45, 7) is 4.86. The van der Waals surface area contributed by atoms with E-state index in [1.54, 1.807) is 23.5 Å². The summed E-state index contributed by atoms with van der Waals surface area (Å²) in [5.41, 5.74) is 0.370. The molecule has 1 saturated heterocycles. The van der Waals surface area contributed by atoms with Crippen LogP contribution in [0, 0.1) is 5.92 Å². The molecule has 0 spiro atoms. The highest BCUT2D eigenvalue weighted by molar-refractivity contribution is 7.90. The molecule has 2 heterocycles. The lowest BCUT2D eigenvalue weighted by molar-refractivity contribution is 0.0914. The van der Waals surface area contributed by atoms with Gasteiger partial charge in [0.1, 0.15) is 0 Å². The van der Waals surface area contributed by atoms with Gasteiger partial charge in [0.25, 0.3) is 5.91 Å². The van der Waals surface area contributed by atoms with Gasteiger partial charge in [0.2, 0.25) is 0 Å². The molecule has 1 aromatic carbocycles. The van der Waals surface area contributed by atoms with Crippen LogP contribution in [0.3, 0.4) is 0 Å². The van der Waals surface area contributed by atoms with Crippen molar-refractivity contribution in [3.05, 3.63) is 52.2 Å². The third kappa shape index (κ3) is 5.18. The van der Waals surface area contributed by atoms with Gasteiger partial charge in [-0.1, -0.05) is 19.1 Å². The van der Waals surface area contributed by atoms with Gasteiger partial charge in [-0.15, -0.1) is 11.3 Å². The van der Waals surface area contributed by atoms with Gasteiger partial charge in [0.15, 0.2) is 9.84 Å². The highest BCUT2D eigenvalue weighted by atomic mass is 32.2. The van der Waals surface area contributed by atoms with E-state index in [4.69, 9.17) is 0 Å². The van der Waals surface area contributed by atoms with Crippen molar-refractivity contribution in [2.24, 2.45) is 5.92 Å². The summed E-state index contributed by atoms with van der Waals surface area (Å²) in [5.74, 6) is 0.506. The van der Waals surface area contributed by atoms with Crippen molar-refractivity contribution < 1.29 is 13.2 Å². The number of carbonyl (C=O) groups excluding carboxylic acids is 1. The van der Waals surface area contributed by atoms with Crippen LogP contribution in [0.15, 0.2) is 46.7 Å². The SMILES string of the molecule is CC1CCN(C(CNC(=O)c2cccc(S(C)(=O)=O)c2)c2cccs2)CC1. The van der Waals surface area contributed by atoms with Gasteiger partial charge < -0.3 is 5.32 Å². The molecule has 1 atom stereocenters. The molecule has 0 bridgehead atoms. The predicted octanol–water partition coefficient (Wildman–Crippen LogP) is 3.35. The molecule has 7 heteroatoms. The van der Waals surface area contributed by atoms with Gasteiger partial charge in [0.05, 0.1) is 10.9 Å². The van der Waals surface area contributed by atoms with Crippen LogP contribution in [0.1, 0.15) is 41.0 Å². The minimum atomic E-state index is -3.33. The number of thiophene rings is 1. The molecule has 1 aliphatic rings. The second-order valence-corrected chi connectivity index (χ2v) is 10.3. The van der Waals surface area contributed by atoms with Crippen LogP contribution in [-0.2, 0) is 9.84 Å².